The molecule has 0 amide bonds. The molecule has 1 saturated heterocycles. The summed E-state index contributed by atoms with van der Waals surface area (Å²) in [6, 6.07) is 17.9. The van der Waals surface area contributed by atoms with Gasteiger partial charge in [-0.1, -0.05) is 133 Å². The molecule has 2 aliphatic carbocycles. The van der Waals surface area contributed by atoms with Crippen molar-refractivity contribution in [1.82, 2.24) is 4.90 Å². The van der Waals surface area contributed by atoms with Crippen LogP contribution in [-0.4, -0.2) is 25.0 Å². The number of aryl methyl sites for hydroxylation is 2. The van der Waals surface area contributed by atoms with Gasteiger partial charge in [-0.25, -0.2) is 0 Å². The van der Waals surface area contributed by atoms with Crippen molar-refractivity contribution in [3.05, 3.63) is 70.8 Å². The molecule has 0 bridgehead atoms. The van der Waals surface area contributed by atoms with Gasteiger partial charge in [0.2, 0.25) is 0 Å². The lowest BCUT2D eigenvalue weighted by atomic mass is 9.69. The van der Waals surface area contributed by atoms with Gasteiger partial charge in [0.1, 0.15) is 0 Å². The van der Waals surface area contributed by atoms with Crippen LogP contribution < -0.4 is 0 Å². The van der Waals surface area contributed by atoms with E-state index in [1.165, 1.54) is 58.0 Å². The van der Waals surface area contributed by atoms with Gasteiger partial charge in [0.05, 0.1) is 0 Å². The van der Waals surface area contributed by atoms with Crippen LogP contribution in [0.5, 0.6) is 0 Å². The van der Waals surface area contributed by atoms with E-state index in [0.717, 1.165) is 17.8 Å². The van der Waals surface area contributed by atoms with E-state index in [0.29, 0.717) is 16.2 Å². The molecule has 1 heterocycles. The van der Waals surface area contributed by atoms with Crippen molar-refractivity contribution in [3.8, 4) is 0 Å². The maximum atomic E-state index is 2.43. The zero-order valence-electron chi connectivity index (χ0n) is 26.7. The molecule has 2 aromatic rings. The van der Waals surface area contributed by atoms with E-state index in [9.17, 15) is 0 Å². The summed E-state index contributed by atoms with van der Waals surface area (Å²) >= 11 is 0. The molecule has 2 aromatic carbocycles. The molecule has 0 spiro atoms. The number of rotatable bonds is 0. The molecule has 0 aromatic heterocycles. The van der Waals surface area contributed by atoms with Crippen LogP contribution >= 0.6 is 0 Å². The average Bonchev–Trinajstić information content (AvgIpc) is 3.29. The van der Waals surface area contributed by atoms with Crippen molar-refractivity contribution in [2.45, 2.75) is 141 Å². The van der Waals surface area contributed by atoms with Crippen LogP contribution in [0.4, 0.5) is 0 Å². The van der Waals surface area contributed by atoms with Crippen molar-refractivity contribution in [2.24, 2.45) is 22.2 Å². The highest BCUT2D eigenvalue weighted by Crippen LogP contribution is 2.45. The molecule has 236 valence electrons. The van der Waals surface area contributed by atoms with Crippen molar-refractivity contribution in [1.29, 1.82) is 0 Å². The third kappa shape index (κ3) is 11.2. The second kappa shape index (κ2) is 16.3. The Morgan fingerprint density at radius 3 is 1.39 bits per heavy atom. The monoisotopic (exact) mass is 566 g/mol. The largest absolute Gasteiger partial charge is 0.306 e. The van der Waals surface area contributed by atoms with Crippen molar-refractivity contribution < 1.29 is 0 Å². The molecule has 41 heavy (non-hydrogen) atoms. The van der Waals surface area contributed by atoms with Gasteiger partial charge in [-0.05, 0) is 121 Å². The van der Waals surface area contributed by atoms with Crippen LogP contribution in [0.2, 0.25) is 0 Å². The summed E-state index contributed by atoms with van der Waals surface area (Å²) in [6.45, 7) is 23.8. The van der Waals surface area contributed by atoms with Crippen LogP contribution in [0.3, 0.4) is 0 Å². The van der Waals surface area contributed by atoms with E-state index in [4.69, 9.17) is 0 Å². The summed E-state index contributed by atoms with van der Waals surface area (Å²) in [7, 11) is 2.22. The lowest BCUT2D eigenvalue weighted by Crippen LogP contribution is -2.35. The Morgan fingerprint density at radius 1 is 0.537 bits per heavy atom. The van der Waals surface area contributed by atoms with Crippen LogP contribution in [0, 0.1) is 22.2 Å². The van der Waals surface area contributed by atoms with Gasteiger partial charge in [-0.3, -0.25) is 0 Å². The maximum absolute atomic E-state index is 2.43. The summed E-state index contributed by atoms with van der Waals surface area (Å²) in [6.07, 6.45) is 9.39. The van der Waals surface area contributed by atoms with Crippen molar-refractivity contribution in [3.63, 3.8) is 0 Å². The van der Waals surface area contributed by atoms with E-state index in [2.05, 4.69) is 123 Å². The summed E-state index contributed by atoms with van der Waals surface area (Å²) in [5, 5.41) is 0. The van der Waals surface area contributed by atoms with Crippen molar-refractivity contribution >= 4 is 0 Å². The topological polar surface area (TPSA) is 3.24 Å². The number of hydrogen-bond donors (Lipinski definition) is 0. The number of likely N-dealkylation sites (tertiary alicyclic amines) is 1. The van der Waals surface area contributed by atoms with E-state index in [-0.39, 0.29) is 22.3 Å². The van der Waals surface area contributed by atoms with E-state index in [1.54, 1.807) is 22.3 Å². The van der Waals surface area contributed by atoms with Crippen LogP contribution in [0.15, 0.2) is 48.5 Å². The maximum Gasteiger partial charge on any atom is -0.00189 e. The Balaban J connectivity index is 0.000000569. The first-order valence-electron chi connectivity index (χ1n) is 15.5. The van der Waals surface area contributed by atoms with E-state index >= 15 is 0 Å². The van der Waals surface area contributed by atoms with Gasteiger partial charge in [0.15, 0.2) is 0 Å². The van der Waals surface area contributed by atoms with Gasteiger partial charge < -0.3 is 4.90 Å². The number of piperidine rings is 1. The van der Waals surface area contributed by atoms with Crippen LogP contribution in [0.25, 0.3) is 0 Å². The summed E-state index contributed by atoms with van der Waals surface area (Å²) in [5.41, 5.74) is 7.71. The first-order valence-corrected chi connectivity index (χ1v) is 15.5. The molecule has 1 fully saturated rings. The molecule has 0 radical (unpaired) electrons. The predicted octanol–water partition coefficient (Wildman–Crippen LogP) is 12.2. The lowest BCUT2D eigenvalue weighted by Gasteiger charge is -2.37. The highest BCUT2D eigenvalue weighted by Gasteiger charge is 2.32. The van der Waals surface area contributed by atoms with Gasteiger partial charge in [-0.15, -0.1) is 0 Å². The first kappa shape index (κ1) is 39.4. The molecule has 3 aliphatic rings. The minimum absolute atomic E-state index is 0. The molecule has 1 aliphatic heterocycles. The van der Waals surface area contributed by atoms with Crippen LogP contribution in [-0.2, 0) is 12.8 Å². The lowest BCUT2D eigenvalue weighted by molar-refractivity contribution is 0.129. The highest BCUT2D eigenvalue weighted by atomic mass is 15.1. The highest BCUT2D eigenvalue weighted by molar-refractivity contribution is 5.36. The van der Waals surface area contributed by atoms with Gasteiger partial charge >= 0.3 is 0 Å². The fraction of sp³-hybridized carbons (Fsp3) is 0.700. The van der Waals surface area contributed by atoms with Gasteiger partial charge in [0, 0.05) is 0 Å². The molecular formula is C40H71N. The summed E-state index contributed by atoms with van der Waals surface area (Å²) in [4.78, 5) is 2.43. The third-order valence-corrected chi connectivity index (χ3v) is 9.54. The Morgan fingerprint density at radius 2 is 0.951 bits per heavy atom. The third-order valence-electron chi connectivity index (χ3n) is 9.54. The minimum Gasteiger partial charge on any atom is -0.306 e. The Kier molecular flexibility index (Phi) is 15.7. The van der Waals surface area contributed by atoms with E-state index in [1.807, 2.05) is 0 Å². The predicted molar refractivity (Wildman–Crippen MR) is 188 cm³/mol. The molecule has 0 N–H and O–H groups in total. The molecule has 5 rings (SSSR count). The zero-order chi connectivity index (χ0) is 28.1. The Bertz CT molecular complexity index is 988. The quantitative estimate of drug-likeness (QED) is 0.307. The smallest absolute Gasteiger partial charge is 0.00189 e. The number of nitrogens with zero attached hydrogens (tertiary/aromatic N) is 1. The molecule has 1 heteroatoms. The normalized spacial score (nSPS) is 20.7. The number of benzene rings is 2. The standard InChI is InChI=1S/C14H20.C13H18.C10H21N.3CH4/c1-14(2,3)13-10-6-8-11-7-4-5-9-12(11)13;1-13(2,3)12-9-8-10-6-4-5-7-11(10)12;1-10(2,3)9-5-7-11(4)8-6-9;;;/h4-5,7,9,13H,6,8,10H2,1-3H3;4-7,12H,8-9H2,1-3H3;9H,5-8H2,1-4H3;3*1H4. The number of fused-ring (bicyclic) bond motifs is 2. The molecular weight excluding hydrogens is 494 g/mol. The minimum atomic E-state index is 0. The molecule has 2 atom stereocenters. The summed E-state index contributed by atoms with van der Waals surface area (Å²) < 4.78 is 0. The fourth-order valence-corrected chi connectivity index (χ4v) is 6.98. The second-order valence-electron chi connectivity index (χ2n) is 15.6. The van der Waals surface area contributed by atoms with Crippen molar-refractivity contribution in [2.75, 3.05) is 20.1 Å². The van der Waals surface area contributed by atoms with E-state index < -0.39 is 0 Å². The zero-order valence-corrected chi connectivity index (χ0v) is 26.7. The first-order chi connectivity index (χ1) is 17.7. The molecule has 2 unspecified atom stereocenters. The van der Waals surface area contributed by atoms with Gasteiger partial charge in [0.25, 0.3) is 0 Å². The molecule has 0 saturated carbocycles. The Labute approximate surface area is 258 Å². The molecule has 1 nitrogen and oxygen atoms in total. The average molecular weight is 566 g/mol. The second-order valence-corrected chi connectivity index (χ2v) is 15.6. The van der Waals surface area contributed by atoms with Crippen LogP contribution in [0.1, 0.15) is 151 Å². The number of hydrogen-bond acceptors (Lipinski definition) is 1. The van der Waals surface area contributed by atoms with Gasteiger partial charge in [-0.2, -0.15) is 0 Å². The summed E-state index contributed by atoms with van der Waals surface area (Å²) in [5.74, 6) is 2.47. The SMILES string of the molecule is C.C.C.CC(C)(C)C1CCCc2ccccc21.CC(C)(C)C1CCc2ccccc21.CN1CCC(C(C)(C)C)CC1. The fourth-order valence-electron chi connectivity index (χ4n) is 6.98. The Hall–Kier alpha value is -1.60.